The van der Waals surface area contributed by atoms with E-state index in [-0.39, 0.29) is 6.10 Å². The fourth-order valence-electron chi connectivity index (χ4n) is 1.65. The lowest BCUT2D eigenvalue weighted by Crippen LogP contribution is -2.35. The van der Waals surface area contributed by atoms with Crippen molar-refractivity contribution in [1.29, 1.82) is 0 Å². The molecule has 2 heteroatoms. The molecule has 1 rings (SSSR count). The van der Waals surface area contributed by atoms with Gasteiger partial charge in [-0.15, -0.1) is 0 Å². The summed E-state index contributed by atoms with van der Waals surface area (Å²) in [6.07, 6.45) is 4.05. The Morgan fingerprint density at radius 1 is 1.58 bits per heavy atom. The molecule has 1 aliphatic rings. The largest absolute Gasteiger partial charge is 0.389 e. The van der Waals surface area contributed by atoms with Crippen LogP contribution in [0, 0.1) is 5.92 Å². The molecule has 1 saturated heterocycles. The zero-order chi connectivity index (χ0) is 8.97. The maximum absolute atomic E-state index is 9.73. The van der Waals surface area contributed by atoms with Crippen molar-refractivity contribution in [2.45, 2.75) is 32.8 Å². The van der Waals surface area contributed by atoms with Crippen molar-refractivity contribution in [3.8, 4) is 0 Å². The van der Waals surface area contributed by atoms with E-state index in [4.69, 9.17) is 0 Å². The van der Waals surface area contributed by atoms with Gasteiger partial charge < -0.3 is 10.4 Å². The number of nitrogens with one attached hydrogen (secondary N) is 1. The molecule has 2 unspecified atom stereocenters. The highest BCUT2D eigenvalue weighted by Crippen LogP contribution is 2.16. The zero-order valence-electron chi connectivity index (χ0n) is 8.01. The van der Waals surface area contributed by atoms with Crippen molar-refractivity contribution in [3.63, 3.8) is 0 Å². The lowest BCUT2D eigenvalue weighted by atomic mass is 9.93. The van der Waals surface area contributed by atoms with Gasteiger partial charge in [0, 0.05) is 12.5 Å². The summed E-state index contributed by atoms with van der Waals surface area (Å²) in [5.74, 6) is 0.425. The Bertz CT molecular complexity index is 155. The average molecular weight is 169 g/mol. The van der Waals surface area contributed by atoms with Gasteiger partial charge in [-0.3, -0.25) is 0 Å². The standard InChI is InChI=1S/C10H19NO/c1-8(2)6-10(12)9-4-3-5-11-7-9/h6,9-12H,3-5,7H2,1-2H3. The first kappa shape index (κ1) is 9.75. The van der Waals surface area contributed by atoms with E-state index in [9.17, 15) is 5.11 Å². The van der Waals surface area contributed by atoms with Gasteiger partial charge in [-0.25, -0.2) is 0 Å². The predicted molar refractivity (Wildman–Crippen MR) is 51.0 cm³/mol. The van der Waals surface area contributed by atoms with Crippen LogP contribution < -0.4 is 5.32 Å². The van der Waals surface area contributed by atoms with Gasteiger partial charge >= 0.3 is 0 Å². The number of allylic oxidation sites excluding steroid dienone is 1. The molecule has 0 aromatic carbocycles. The third-order valence-electron chi connectivity index (χ3n) is 2.32. The Labute approximate surface area is 74.7 Å². The average Bonchev–Trinajstić information content (AvgIpc) is 2.05. The Kier molecular flexibility index (Phi) is 3.76. The third-order valence-corrected chi connectivity index (χ3v) is 2.32. The van der Waals surface area contributed by atoms with Crippen molar-refractivity contribution in [3.05, 3.63) is 11.6 Å². The van der Waals surface area contributed by atoms with Gasteiger partial charge in [0.2, 0.25) is 0 Å². The first-order valence-corrected chi connectivity index (χ1v) is 4.74. The summed E-state index contributed by atoms with van der Waals surface area (Å²) in [6, 6.07) is 0. The van der Waals surface area contributed by atoms with E-state index in [1.165, 1.54) is 12.0 Å². The highest BCUT2D eigenvalue weighted by molar-refractivity contribution is 5.00. The minimum atomic E-state index is -0.247. The van der Waals surface area contributed by atoms with Crippen LogP contribution in [0.15, 0.2) is 11.6 Å². The third kappa shape index (κ3) is 2.95. The normalized spacial score (nSPS) is 26.4. The van der Waals surface area contributed by atoms with Crippen LogP contribution in [-0.4, -0.2) is 24.3 Å². The maximum Gasteiger partial charge on any atom is 0.0763 e. The second kappa shape index (κ2) is 4.63. The molecule has 0 aromatic heterocycles. The quantitative estimate of drug-likeness (QED) is 0.611. The lowest BCUT2D eigenvalue weighted by molar-refractivity contribution is 0.132. The minimum Gasteiger partial charge on any atom is -0.389 e. The molecule has 0 spiro atoms. The predicted octanol–water partition coefficient (Wildman–Crippen LogP) is 1.31. The molecule has 70 valence electrons. The molecule has 0 saturated carbocycles. The van der Waals surface area contributed by atoms with Crippen LogP contribution in [-0.2, 0) is 0 Å². The van der Waals surface area contributed by atoms with Gasteiger partial charge in [-0.1, -0.05) is 11.6 Å². The van der Waals surface area contributed by atoms with Gasteiger partial charge in [-0.05, 0) is 33.2 Å². The summed E-state index contributed by atoms with van der Waals surface area (Å²) in [5, 5.41) is 13.0. The fraction of sp³-hybridized carbons (Fsp3) is 0.800. The summed E-state index contributed by atoms with van der Waals surface area (Å²) >= 11 is 0. The van der Waals surface area contributed by atoms with Crippen LogP contribution in [0.5, 0.6) is 0 Å². The van der Waals surface area contributed by atoms with Gasteiger partial charge in [-0.2, -0.15) is 0 Å². The highest BCUT2D eigenvalue weighted by atomic mass is 16.3. The molecule has 0 radical (unpaired) electrons. The molecule has 0 amide bonds. The van der Waals surface area contributed by atoms with Crippen LogP contribution in [0.1, 0.15) is 26.7 Å². The number of hydrogen-bond donors (Lipinski definition) is 2. The fourth-order valence-corrected chi connectivity index (χ4v) is 1.65. The molecule has 2 atom stereocenters. The topological polar surface area (TPSA) is 32.3 Å². The minimum absolute atomic E-state index is 0.247. The summed E-state index contributed by atoms with van der Waals surface area (Å²) in [4.78, 5) is 0. The van der Waals surface area contributed by atoms with E-state index in [2.05, 4.69) is 5.32 Å². The molecule has 12 heavy (non-hydrogen) atoms. The van der Waals surface area contributed by atoms with Gasteiger partial charge in [0.05, 0.1) is 6.10 Å². The zero-order valence-corrected chi connectivity index (χ0v) is 8.01. The monoisotopic (exact) mass is 169 g/mol. The Morgan fingerprint density at radius 2 is 2.33 bits per heavy atom. The van der Waals surface area contributed by atoms with E-state index < -0.39 is 0 Å². The van der Waals surface area contributed by atoms with Crippen LogP contribution in [0.4, 0.5) is 0 Å². The van der Waals surface area contributed by atoms with Crippen LogP contribution in [0.3, 0.4) is 0 Å². The molecule has 0 bridgehead atoms. The molecule has 0 aromatic rings. The Morgan fingerprint density at radius 3 is 2.83 bits per heavy atom. The molecule has 2 N–H and O–H groups in total. The second-order valence-corrected chi connectivity index (χ2v) is 3.84. The van der Waals surface area contributed by atoms with Crippen molar-refractivity contribution in [2.75, 3.05) is 13.1 Å². The lowest BCUT2D eigenvalue weighted by Gasteiger charge is -2.25. The summed E-state index contributed by atoms with van der Waals surface area (Å²) in [5.41, 5.74) is 1.20. The maximum atomic E-state index is 9.73. The van der Waals surface area contributed by atoms with Gasteiger partial charge in [0.1, 0.15) is 0 Å². The first-order valence-electron chi connectivity index (χ1n) is 4.74. The Hall–Kier alpha value is -0.340. The molecule has 1 heterocycles. The van der Waals surface area contributed by atoms with Crippen LogP contribution in [0.25, 0.3) is 0 Å². The van der Waals surface area contributed by atoms with E-state index in [1.54, 1.807) is 0 Å². The number of piperidine rings is 1. The van der Waals surface area contributed by atoms with E-state index in [0.29, 0.717) is 5.92 Å². The first-order chi connectivity index (χ1) is 5.70. The van der Waals surface area contributed by atoms with E-state index in [0.717, 1.165) is 19.5 Å². The molecule has 2 nitrogen and oxygen atoms in total. The molecule has 1 fully saturated rings. The summed E-state index contributed by atoms with van der Waals surface area (Å²) < 4.78 is 0. The molecular formula is C10H19NO. The molecular weight excluding hydrogens is 150 g/mol. The Balaban J connectivity index is 2.39. The van der Waals surface area contributed by atoms with Crippen molar-refractivity contribution in [2.24, 2.45) is 5.92 Å². The van der Waals surface area contributed by atoms with E-state index >= 15 is 0 Å². The number of rotatable bonds is 2. The second-order valence-electron chi connectivity index (χ2n) is 3.84. The van der Waals surface area contributed by atoms with Crippen molar-refractivity contribution < 1.29 is 5.11 Å². The van der Waals surface area contributed by atoms with Crippen molar-refractivity contribution in [1.82, 2.24) is 5.32 Å². The number of hydrogen-bond acceptors (Lipinski definition) is 2. The smallest absolute Gasteiger partial charge is 0.0763 e. The number of aliphatic hydroxyl groups is 1. The van der Waals surface area contributed by atoms with Crippen LogP contribution in [0.2, 0.25) is 0 Å². The van der Waals surface area contributed by atoms with E-state index in [1.807, 2.05) is 19.9 Å². The highest BCUT2D eigenvalue weighted by Gasteiger charge is 2.19. The number of aliphatic hydroxyl groups excluding tert-OH is 1. The van der Waals surface area contributed by atoms with Gasteiger partial charge in [0.15, 0.2) is 0 Å². The summed E-state index contributed by atoms with van der Waals surface area (Å²) in [6.45, 7) is 6.13. The SMILES string of the molecule is CC(C)=CC(O)C1CCCNC1. The molecule has 0 aliphatic carbocycles. The summed E-state index contributed by atoms with van der Waals surface area (Å²) in [7, 11) is 0. The van der Waals surface area contributed by atoms with Crippen molar-refractivity contribution >= 4 is 0 Å². The molecule has 1 aliphatic heterocycles. The van der Waals surface area contributed by atoms with Crippen LogP contribution >= 0.6 is 0 Å². The van der Waals surface area contributed by atoms with Gasteiger partial charge in [0.25, 0.3) is 0 Å².